The van der Waals surface area contributed by atoms with Gasteiger partial charge in [-0.2, -0.15) is 0 Å². The molecule has 18 heavy (non-hydrogen) atoms. The first kappa shape index (κ1) is 8.68. The smallest absolute Gasteiger partial charge is 0.337 e. The van der Waals surface area contributed by atoms with Crippen LogP contribution < -0.4 is 5.56 Å². The standard InChI is InChI=1S/C12H13N3O3/c1-7-4-8(12(17)18-3)5-10(14-7)9-6-13-15(2)11(9)16/h4-6,13H,1-3H3/i2D3. The maximum absolute atomic E-state index is 12.1. The summed E-state index contributed by atoms with van der Waals surface area (Å²) in [5, 5.41) is 2.38. The van der Waals surface area contributed by atoms with Gasteiger partial charge in [-0.05, 0) is 19.1 Å². The van der Waals surface area contributed by atoms with Crippen LogP contribution in [0.1, 0.15) is 20.2 Å². The van der Waals surface area contributed by atoms with Gasteiger partial charge in [-0.1, -0.05) is 0 Å². The molecule has 0 atom stereocenters. The Balaban J connectivity index is 2.58. The number of esters is 1. The largest absolute Gasteiger partial charge is 0.465 e. The summed E-state index contributed by atoms with van der Waals surface area (Å²) < 4.78 is 26.9. The fourth-order valence-electron chi connectivity index (χ4n) is 1.60. The fourth-order valence-corrected chi connectivity index (χ4v) is 1.60. The average Bonchev–Trinajstić information content (AvgIpc) is 2.78. The predicted octanol–water partition coefficient (Wildman–Crippen LogP) is 0.870. The molecule has 0 aliphatic rings. The van der Waals surface area contributed by atoms with Gasteiger partial charge in [0.15, 0.2) is 0 Å². The van der Waals surface area contributed by atoms with E-state index >= 15 is 0 Å². The Labute approximate surface area is 107 Å². The number of carbonyl (C=O) groups excluding carboxylic acids is 1. The molecule has 0 aliphatic heterocycles. The van der Waals surface area contributed by atoms with E-state index in [1.165, 1.54) is 25.4 Å². The molecule has 0 spiro atoms. The number of methoxy groups -OCH3 is 1. The number of aromatic nitrogens is 3. The summed E-state index contributed by atoms with van der Waals surface area (Å²) in [6, 6.07) is 2.90. The minimum absolute atomic E-state index is 0.0694. The van der Waals surface area contributed by atoms with Gasteiger partial charge in [-0.25, -0.2) is 4.79 Å². The van der Waals surface area contributed by atoms with Crippen LogP contribution in [0.15, 0.2) is 23.1 Å². The minimum atomic E-state index is -2.61. The molecule has 0 amide bonds. The third-order valence-electron chi connectivity index (χ3n) is 2.42. The van der Waals surface area contributed by atoms with Gasteiger partial charge >= 0.3 is 5.97 Å². The number of hydrogen-bond acceptors (Lipinski definition) is 4. The topological polar surface area (TPSA) is 77.0 Å². The Bertz CT molecular complexity index is 746. The van der Waals surface area contributed by atoms with Crippen LogP contribution in [0.2, 0.25) is 0 Å². The predicted molar refractivity (Wildman–Crippen MR) is 65.3 cm³/mol. The summed E-state index contributed by atoms with van der Waals surface area (Å²) >= 11 is 0. The normalized spacial score (nSPS) is 13.6. The van der Waals surface area contributed by atoms with E-state index in [9.17, 15) is 9.59 Å². The second-order valence-electron chi connectivity index (χ2n) is 3.70. The second kappa shape index (κ2) is 4.48. The van der Waals surface area contributed by atoms with Gasteiger partial charge in [-0.3, -0.25) is 14.5 Å². The zero-order valence-corrected chi connectivity index (χ0v) is 9.85. The molecule has 1 N–H and O–H groups in total. The van der Waals surface area contributed by atoms with Crippen molar-refractivity contribution in [2.24, 2.45) is 6.98 Å². The third-order valence-corrected chi connectivity index (χ3v) is 2.42. The van der Waals surface area contributed by atoms with Crippen molar-refractivity contribution in [3.8, 4) is 11.3 Å². The molecule has 0 fully saturated rings. The van der Waals surface area contributed by atoms with Crippen LogP contribution in [0.5, 0.6) is 0 Å². The molecule has 2 heterocycles. The maximum atomic E-state index is 12.1. The number of aromatic amines is 1. The minimum Gasteiger partial charge on any atom is -0.465 e. The lowest BCUT2D eigenvalue weighted by atomic mass is 10.1. The number of nitrogens with one attached hydrogen (secondary N) is 1. The lowest BCUT2D eigenvalue weighted by Gasteiger charge is -2.03. The zero-order valence-electron chi connectivity index (χ0n) is 12.9. The molecule has 0 bridgehead atoms. The van der Waals surface area contributed by atoms with Crippen molar-refractivity contribution < 1.29 is 13.6 Å². The van der Waals surface area contributed by atoms with Gasteiger partial charge in [-0.15, -0.1) is 0 Å². The molecule has 6 heteroatoms. The highest BCUT2D eigenvalue weighted by Gasteiger charge is 2.13. The maximum Gasteiger partial charge on any atom is 0.337 e. The van der Waals surface area contributed by atoms with E-state index in [-0.39, 0.29) is 16.8 Å². The number of rotatable bonds is 2. The summed E-state index contributed by atoms with van der Waals surface area (Å²) in [5.41, 5.74) is 0.290. The number of H-pyrrole nitrogens is 1. The van der Waals surface area contributed by atoms with Crippen LogP contribution in [0.25, 0.3) is 11.3 Å². The Kier molecular flexibility index (Phi) is 2.16. The molecular formula is C12H13N3O3. The number of aryl methyl sites for hydroxylation is 2. The number of ether oxygens (including phenoxy) is 1. The Morgan fingerprint density at radius 1 is 1.56 bits per heavy atom. The Morgan fingerprint density at radius 3 is 2.94 bits per heavy atom. The third kappa shape index (κ3) is 2.04. The van der Waals surface area contributed by atoms with Gasteiger partial charge in [0.05, 0.1) is 23.9 Å². The molecule has 0 aromatic carbocycles. The molecule has 0 saturated carbocycles. The van der Waals surface area contributed by atoms with Crippen molar-refractivity contribution in [1.29, 1.82) is 0 Å². The molecule has 2 rings (SSSR count). The average molecular weight is 250 g/mol. The summed E-state index contributed by atoms with van der Waals surface area (Å²) in [6.45, 7) is -0.949. The van der Waals surface area contributed by atoms with Crippen LogP contribution in [-0.2, 0) is 11.7 Å². The Morgan fingerprint density at radius 2 is 2.33 bits per heavy atom. The summed E-state index contributed by atoms with van der Waals surface area (Å²) in [6.07, 6.45) is 1.25. The van der Waals surface area contributed by atoms with Gasteiger partial charge in [0.25, 0.3) is 5.56 Å². The number of hydrogen-bond donors (Lipinski definition) is 1. The van der Waals surface area contributed by atoms with Crippen molar-refractivity contribution in [2.75, 3.05) is 7.11 Å². The highest BCUT2D eigenvalue weighted by molar-refractivity contribution is 5.90. The quantitative estimate of drug-likeness (QED) is 0.802. The monoisotopic (exact) mass is 250 g/mol. The summed E-state index contributed by atoms with van der Waals surface area (Å²) in [4.78, 5) is 27.8. The van der Waals surface area contributed by atoms with Gasteiger partial charge in [0.2, 0.25) is 0 Å². The first-order chi connectivity index (χ1) is 9.74. The number of carbonyl (C=O) groups is 1. The van der Waals surface area contributed by atoms with E-state index in [2.05, 4.69) is 14.8 Å². The molecule has 0 aliphatic carbocycles. The van der Waals surface area contributed by atoms with Crippen molar-refractivity contribution >= 4 is 5.97 Å². The van der Waals surface area contributed by atoms with E-state index in [1.54, 1.807) is 6.92 Å². The molecular weight excluding hydrogens is 234 g/mol. The van der Waals surface area contributed by atoms with E-state index in [4.69, 9.17) is 4.11 Å². The number of nitrogens with zero attached hydrogens (tertiary/aromatic N) is 2. The molecule has 0 radical (unpaired) electrons. The van der Waals surface area contributed by atoms with Crippen LogP contribution in [0.4, 0.5) is 0 Å². The lowest BCUT2D eigenvalue weighted by molar-refractivity contribution is 0.0600. The van der Waals surface area contributed by atoms with Gasteiger partial charge in [0.1, 0.15) is 0 Å². The van der Waals surface area contributed by atoms with E-state index in [0.29, 0.717) is 10.4 Å². The molecule has 6 nitrogen and oxygen atoms in total. The zero-order chi connectivity index (χ0) is 15.8. The van der Waals surface area contributed by atoms with Crippen LogP contribution in [-0.4, -0.2) is 27.8 Å². The highest BCUT2D eigenvalue weighted by atomic mass is 16.5. The first-order valence-corrected chi connectivity index (χ1v) is 5.12. The lowest BCUT2D eigenvalue weighted by Crippen LogP contribution is -2.14. The second-order valence-corrected chi connectivity index (χ2v) is 3.70. The van der Waals surface area contributed by atoms with Crippen molar-refractivity contribution in [3.63, 3.8) is 0 Å². The molecule has 2 aromatic heterocycles. The molecule has 2 aromatic rings. The van der Waals surface area contributed by atoms with Crippen molar-refractivity contribution in [3.05, 3.63) is 39.9 Å². The van der Waals surface area contributed by atoms with Crippen LogP contribution in [0.3, 0.4) is 0 Å². The van der Waals surface area contributed by atoms with Gasteiger partial charge in [0, 0.05) is 23.0 Å². The first-order valence-electron chi connectivity index (χ1n) is 6.62. The Hall–Kier alpha value is -2.37. The van der Waals surface area contributed by atoms with E-state index < -0.39 is 18.5 Å². The van der Waals surface area contributed by atoms with Crippen LogP contribution in [0, 0.1) is 6.92 Å². The molecule has 94 valence electrons. The molecule has 0 saturated heterocycles. The van der Waals surface area contributed by atoms with Crippen molar-refractivity contribution in [1.82, 2.24) is 14.8 Å². The summed E-state index contributed by atoms with van der Waals surface area (Å²) in [5.74, 6) is -0.562. The van der Waals surface area contributed by atoms with E-state index in [0.717, 1.165) is 0 Å². The fraction of sp³-hybridized carbons (Fsp3) is 0.250. The van der Waals surface area contributed by atoms with Gasteiger partial charge < -0.3 is 9.84 Å². The molecule has 0 unspecified atom stereocenters. The van der Waals surface area contributed by atoms with Crippen molar-refractivity contribution in [2.45, 2.75) is 6.92 Å². The SMILES string of the molecule is [2H]C([2H])([2H])n1[nH]cc(-c2cc(C(=O)OC)cc(C)n2)c1=O. The highest BCUT2D eigenvalue weighted by Crippen LogP contribution is 2.15. The number of pyridine rings is 1. The van der Waals surface area contributed by atoms with E-state index in [1.807, 2.05) is 0 Å². The van der Waals surface area contributed by atoms with Crippen LogP contribution >= 0.6 is 0 Å². The summed E-state index contributed by atoms with van der Waals surface area (Å²) in [7, 11) is 1.25.